The van der Waals surface area contributed by atoms with Crippen LogP contribution in [0.3, 0.4) is 0 Å². The van der Waals surface area contributed by atoms with Gasteiger partial charge in [-0.15, -0.1) is 0 Å². The summed E-state index contributed by atoms with van der Waals surface area (Å²) in [4.78, 5) is 0. The van der Waals surface area contributed by atoms with E-state index in [-0.39, 0.29) is 4.75 Å². The molecular weight excluding hydrogens is 196 g/mol. The number of thiol groups is 1. The van der Waals surface area contributed by atoms with Crippen LogP contribution in [0.4, 0.5) is 0 Å². The number of nitrogens with zero attached hydrogens (tertiary/aromatic N) is 2. The third kappa shape index (κ3) is 2.69. The second kappa shape index (κ2) is 3.51. The lowest BCUT2D eigenvalue weighted by Gasteiger charge is -2.19. The van der Waals surface area contributed by atoms with Crippen LogP contribution in [-0.2, 0) is 10.3 Å². The molecule has 1 heterocycles. The van der Waals surface area contributed by atoms with E-state index in [9.17, 15) is 5.11 Å². The molecule has 1 N–H and O–H groups in total. The Morgan fingerprint density at radius 3 is 1.79 bits per heavy atom. The minimum absolute atomic E-state index is 0.300. The smallest absolute Gasteiger partial charge is 0.103 e. The van der Waals surface area contributed by atoms with E-state index >= 15 is 0 Å². The highest BCUT2D eigenvalue weighted by Gasteiger charge is 2.21. The Hall–Kier alpha value is -0.610. The molecule has 1 rings (SSSR count). The maximum Gasteiger partial charge on any atom is 0.103 e. The number of hydrogen-bond donors (Lipinski definition) is 2. The van der Waals surface area contributed by atoms with Gasteiger partial charge in [0, 0.05) is 0 Å². The van der Waals surface area contributed by atoms with Crippen LogP contribution >= 0.6 is 12.6 Å². The van der Waals surface area contributed by atoms with Crippen LogP contribution in [0, 0.1) is 0 Å². The number of aliphatic hydroxyl groups is 1. The third-order valence-corrected chi connectivity index (χ3v) is 2.15. The Balaban J connectivity index is 3.02. The van der Waals surface area contributed by atoms with Crippen molar-refractivity contribution in [2.24, 2.45) is 0 Å². The molecule has 1 aromatic rings. The van der Waals surface area contributed by atoms with Gasteiger partial charge in [0.2, 0.25) is 0 Å². The topological polar surface area (TPSA) is 46.0 Å². The fourth-order valence-electron chi connectivity index (χ4n) is 0.985. The first kappa shape index (κ1) is 11.5. The van der Waals surface area contributed by atoms with Crippen molar-refractivity contribution in [2.45, 2.75) is 38.0 Å². The summed E-state index contributed by atoms with van der Waals surface area (Å²) < 4.78 is -0.300. The van der Waals surface area contributed by atoms with E-state index in [0.717, 1.165) is 5.69 Å². The molecule has 3 nitrogen and oxygen atoms in total. The lowest BCUT2D eigenvalue weighted by molar-refractivity contribution is 0.0727. The van der Waals surface area contributed by atoms with Gasteiger partial charge in [0.1, 0.15) is 5.60 Å². The first-order valence-corrected chi connectivity index (χ1v) is 4.95. The van der Waals surface area contributed by atoms with Gasteiger partial charge in [-0.25, -0.2) is 0 Å². The number of hydrogen-bond acceptors (Lipinski definition) is 4. The van der Waals surface area contributed by atoms with Crippen molar-refractivity contribution < 1.29 is 5.11 Å². The molecule has 0 radical (unpaired) electrons. The molecule has 1 aromatic heterocycles. The van der Waals surface area contributed by atoms with Gasteiger partial charge in [0.05, 0.1) is 16.1 Å². The zero-order valence-corrected chi connectivity index (χ0v) is 9.84. The summed E-state index contributed by atoms with van der Waals surface area (Å²) in [5, 5.41) is 17.7. The first-order chi connectivity index (χ1) is 6.21. The molecule has 0 spiro atoms. The normalized spacial score (nSPS) is 13.0. The molecule has 0 saturated heterocycles. The highest BCUT2D eigenvalue weighted by atomic mass is 32.1. The summed E-state index contributed by atoms with van der Waals surface area (Å²) in [7, 11) is 0. The highest BCUT2D eigenvalue weighted by molar-refractivity contribution is 7.81. The molecule has 4 heteroatoms. The molecule has 0 atom stereocenters. The standard InChI is InChI=1S/C10H16N2OS/c1-9(2,13)7-5-6-8(12-11-7)10(3,4)14/h5-6,13-14H,1-4H3. The highest BCUT2D eigenvalue weighted by Crippen LogP contribution is 2.25. The second-order valence-electron chi connectivity index (χ2n) is 4.42. The molecule has 0 amide bonds. The van der Waals surface area contributed by atoms with Gasteiger partial charge in [-0.2, -0.15) is 22.8 Å². The van der Waals surface area contributed by atoms with E-state index < -0.39 is 5.60 Å². The predicted octanol–water partition coefficient (Wildman–Crippen LogP) is 1.87. The molecule has 14 heavy (non-hydrogen) atoms. The summed E-state index contributed by atoms with van der Waals surface area (Å²) in [6, 6.07) is 3.62. The molecule has 0 unspecified atom stereocenters. The molecule has 0 fully saturated rings. The minimum Gasteiger partial charge on any atom is -0.384 e. The molecule has 0 aliphatic heterocycles. The van der Waals surface area contributed by atoms with Gasteiger partial charge in [0.15, 0.2) is 0 Å². The van der Waals surface area contributed by atoms with Gasteiger partial charge in [-0.05, 0) is 39.8 Å². The zero-order chi connectivity index (χ0) is 11.0. The maximum absolute atomic E-state index is 9.66. The van der Waals surface area contributed by atoms with Crippen LogP contribution in [0.2, 0.25) is 0 Å². The van der Waals surface area contributed by atoms with Crippen LogP contribution in [0.1, 0.15) is 39.1 Å². The summed E-state index contributed by atoms with van der Waals surface area (Å²) in [5.74, 6) is 0. The molecule has 0 aromatic carbocycles. The molecule has 78 valence electrons. The molecule has 0 bridgehead atoms. The van der Waals surface area contributed by atoms with Crippen LogP contribution < -0.4 is 0 Å². The lowest BCUT2D eigenvalue weighted by atomic mass is 10.0. The van der Waals surface area contributed by atoms with Crippen molar-refractivity contribution in [1.82, 2.24) is 10.2 Å². The number of aromatic nitrogens is 2. The van der Waals surface area contributed by atoms with Gasteiger partial charge < -0.3 is 5.11 Å². The quantitative estimate of drug-likeness (QED) is 0.736. The second-order valence-corrected chi connectivity index (χ2v) is 5.54. The van der Waals surface area contributed by atoms with Crippen LogP contribution in [-0.4, -0.2) is 15.3 Å². The third-order valence-electron chi connectivity index (χ3n) is 1.92. The van der Waals surface area contributed by atoms with Crippen molar-refractivity contribution in [3.8, 4) is 0 Å². The van der Waals surface area contributed by atoms with Crippen molar-refractivity contribution in [1.29, 1.82) is 0 Å². The molecule has 0 saturated carbocycles. The van der Waals surface area contributed by atoms with Gasteiger partial charge in [0.25, 0.3) is 0 Å². The summed E-state index contributed by atoms with van der Waals surface area (Å²) in [5.41, 5.74) is 0.430. The van der Waals surface area contributed by atoms with Gasteiger partial charge in [-0.1, -0.05) is 0 Å². The number of rotatable bonds is 2. The van der Waals surface area contributed by atoms with E-state index in [2.05, 4.69) is 22.8 Å². The van der Waals surface area contributed by atoms with Crippen molar-refractivity contribution in [3.63, 3.8) is 0 Å². The average Bonchev–Trinajstić information content (AvgIpc) is 2.01. The molecule has 0 aliphatic rings. The first-order valence-electron chi connectivity index (χ1n) is 4.51. The van der Waals surface area contributed by atoms with Crippen molar-refractivity contribution in [3.05, 3.63) is 23.5 Å². The summed E-state index contributed by atoms with van der Waals surface area (Å²) in [6.07, 6.45) is 0. The van der Waals surface area contributed by atoms with Crippen molar-refractivity contribution >= 4 is 12.6 Å². The van der Waals surface area contributed by atoms with Crippen LogP contribution in [0.15, 0.2) is 12.1 Å². The van der Waals surface area contributed by atoms with E-state index in [4.69, 9.17) is 0 Å². The molecular formula is C10H16N2OS. The van der Waals surface area contributed by atoms with Crippen molar-refractivity contribution in [2.75, 3.05) is 0 Å². The lowest BCUT2D eigenvalue weighted by Crippen LogP contribution is -2.20. The SMILES string of the molecule is CC(C)(O)c1ccc(C(C)(C)S)nn1. The zero-order valence-electron chi connectivity index (χ0n) is 8.94. The Labute approximate surface area is 90.0 Å². The Bertz CT molecular complexity index is 275. The maximum atomic E-state index is 9.66. The van der Waals surface area contributed by atoms with E-state index in [1.165, 1.54) is 0 Å². The summed E-state index contributed by atoms with van der Waals surface area (Å²) >= 11 is 4.39. The summed E-state index contributed by atoms with van der Waals surface area (Å²) in [6.45, 7) is 7.26. The largest absolute Gasteiger partial charge is 0.384 e. The minimum atomic E-state index is -0.938. The predicted molar refractivity (Wildman–Crippen MR) is 59.3 cm³/mol. The van der Waals surface area contributed by atoms with Crippen LogP contribution in [0.5, 0.6) is 0 Å². The monoisotopic (exact) mass is 212 g/mol. The van der Waals surface area contributed by atoms with E-state index in [1.54, 1.807) is 19.9 Å². The van der Waals surface area contributed by atoms with E-state index in [0.29, 0.717) is 5.69 Å². The average molecular weight is 212 g/mol. The molecule has 0 aliphatic carbocycles. The van der Waals surface area contributed by atoms with Gasteiger partial charge >= 0.3 is 0 Å². The Morgan fingerprint density at radius 1 is 1.07 bits per heavy atom. The fraction of sp³-hybridized carbons (Fsp3) is 0.600. The Kier molecular flexibility index (Phi) is 2.88. The fourth-order valence-corrected chi connectivity index (χ4v) is 1.10. The Morgan fingerprint density at radius 2 is 1.50 bits per heavy atom. The van der Waals surface area contributed by atoms with E-state index in [1.807, 2.05) is 19.9 Å². The van der Waals surface area contributed by atoms with Crippen LogP contribution in [0.25, 0.3) is 0 Å². The van der Waals surface area contributed by atoms with Gasteiger partial charge in [-0.3, -0.25) is 0 Å².